The van der Waals surface area contributed by atoms with Gasteiger partial charge in [0.25, 0.3) is 0 Å². The van der Waals surface area contributed by atoms with Gasteiger partial charge in [0.1, 0.15) is 0 Å². The number of nitrogens with one attached hydrogen (secondary N) is 1. The lowest BCUT2D eigenvalue weighted by Gasteiger charge is -2.23. The van der Waals surface area contributed by atoms with Crippen LogP contribution in [0.4, 0.5) is 18.3 Å². The molecule has 3 heterocycles. The number of anilines is 1. The number of hydrogen-bond donors (Lipinski definition) is 2. The molecule has 5 rings (SSSR count). The number of aromatic hydroxyl groups is 1. The van der Waals surface area contributed by atoms with Gasteiger partial charge in [0.05, 0.1) is 28.6 Å². The van der Waals surface area contributed by atoms with Crippen molar-refractivity contribution >= 4 is 39.9 Å². The molecule has 3 aromatic rings. The molecule has 0 saturated carbocycles. The molecule has 2 aliphatic heterocycles. The maximum Gasteiger partial charge on any atom is 0.416 e. The summed E-state index contributed by atoms with van der Waals surface area (Å²) in [4.78, 5) is 6.80. The summed E-state index contributed by atoms with van der Waals surface area (Å²) in [5, 5.41) is 24.2. The molecule has 2 atom stereocenters. The average molecular weight is 564 g/mol. The Morgan fingerprint density at radius 2 is 2.08 bits per heavy atom. The first-order chi connectivity index (χ1) is 18.1. The number of benzene rings is 2. The highest BCUT2D eigenvalue weighted by molar-refractivity contribution is 7.17. The number of aromatic nitrogens is 1. The summed E-state index contributed by atoms with van der Waals surface area (Å²) < 4.78 is 47.1. The maximum atomic E-state index is 13.9. The Labute approximate surface area is 225 Å². The van der Waals surface area contributed by atoms with Crippen LogP contribution < -0.4 is 20.8 Å². The van der Waals surface area contributed by atoms with Gasteiger partial charge in [-0.1, -0.05) is 35.1 Å². The zero-order valence-corrected chi connectivity index (χ0v) is 22.2. The molecule has 2 unspecified atom stereocenters. The monoisotopic (exact) mass is 563 g/mol. The smallest absolute Gasteiger partial charge is 0.416 e. The lowest BCUT2D eigenvalue weighted by Crippen LogP contribution is -2.33. The number of alkyl halides is 3. The third-order valence-corrected chi connectivity index (χ3v) is 8.20. The molecule has 2 aromatic carbocycles. The van der Waals surface area contributed by atoms with Crippen LogP contribution in [0.1, 0.15) is 28.0 Å². The first-order valence-electron chi connectivity index (χ1n) is 11.9. The molecular weight excluding hydrogens is 539 g/mol. The third kappa shape index (κ3) is 5.42. The number of halogens is 4. The first-order valence-corrected chi connectivity index (χ1v) is 13.1. The molecule has 200 valence electrons. The van der Waals surface area contributed by atoms with E-state index in [1.165, 1.54) is 23.5 Å². The van der Waals surface area contributed by atoms with Crippen molar-refractivity contribution in [2.45, 2.75) is 31.1 Å². The Morgan fingerprint density at radius 1 is 1.26 bits per heavy atom. The number of likely N-dealkylation sites (N-methyl/N-ethyl adjacent to an activating group) is 1. The number of methoxy groups -OCH3 is 1. The van der Waals surface area contributed by atoms with E-state index in [0.717, 1.165) is 24.6 Å². The Bertz CT molecular complexity index is 1510. The van der Waals surface area contributed by atoms with E-state index in [1.54, 1.807) is 25.5 Å². The molecule has 1 fully saturated rings. The van der Waals surface area contributed by atoms with Gasteiger partial charge in [-0.15, -0.1) is 0 Å². The predicted molar refractivity (Wildman–Crippen MR) is 142 cm³/mol. The molecule has 0 bridgehead atoms. The van der Waals surface area contributed by atoms with Gasteiger partial charge in [-0.3, -0.25) is 0 Å². The Hall–Kier alpha value is -2.99. The van der Waals surface area contributed by atoms with Gasteiger partial charge in [0.15, 0.2) is 5.13 Å². The second-order valence-corrected chi connectivity index (χ2v) is 10.7. The fourth-order valence-corrected chi connectivity index (χ4v) is 6.02. The van der Waals surface area contributed by atoms with Crippen molar-refractivity contribution in [1.29, 1.82) is 0 Å². The molecule has 0 spiro atoms. The van der Waals surface area contributed by atoms with Crippen LogP contribution in [0.5, 0.6) is 5.88 Å². The van der Waals surface area contributed by atoms with E-state index in [4.69, 9.17) is 16.3 Å². The Kier molecular flexibility index (Phi) is 7.45. The third-order valence-electron chi connectivity index (χ3n) is 6.77. The predicted octanol–water partition coefficient (Wildman–Crippen LogP) is 3.74. The molecule has 0 aliphatic carbocycles. The van der Waals surface area contributed by atoms with Gasteiger partial charge in [0, 0.05) is 49.8 Å². The van der Waals surface area contributed by atoms with Crippen molar-refractivity contribution in [2.24, 2.45) is 10.2 Å². The summed E-state index contributed by atoms with van der Waals surface area (Å²) >= 11 is 7.16. The van der Waals surface area contributed by atoms with Crippen LogP contribution in [0.3, 0.4) is 0 Å². The van der Waals surface area contributed by atoms with Crippen molar-refractivity contribution in [1.82, 2.24) is 10.3 Å². The molecule has 38 heavy (non-hydrogen) atoms. The number of ether oxygens (including phenoxy) is 1. The highest BCUT2D eigenvalue weighted by atomic mass is 35.5. The van der Waals surface area contributed by atoms with Crippen LogP contribution in [-0.2, 0) is 17.3 Å². The van der Waals surface area contributed by atoms with E-state index in [0.29, 0.717) is 32.8 Å². The zero-order chi connectivity index (χ0) is 27.0. The van der Waals surface area contributed by atoms with Crippen LogP contribution in [0.15, 0.2) is 46.6 Å². The minimum atomic E-state index is -4.59. The molecule has 1 saturated heterocycles. The molecule has 2 aliphatic rings. The molecule has 0 amide bonds. The van der Waals surface area contributed by atoms with Crippen molar-refractivity contribution in [2.75, 3.05) is 32.2 Å². The quantitative estimate of drug-likeness (QED) is 0.458. The summed E-state index contributed by atoms with van der Waals surface area (Å²) in [5.74, 6) is -0.229. The van der Waals surface area contributed by atoms with Gasteiger partial charge >= 0.3 is 6.18 Å². The highest BCUT2D eigenvalue weighted by Crippen LogP contribution is 2.40. The molecule has 7 nitrogen and oxygen atoms in total. The van der Waals surface area contributed by atoms with Gasteiger partial charge < -0.3 is 20.1 Å². The van der Waals surface area contributed by atoms with Crippen molar-refractivity contribution in [3.8, 4) is 5.88 Å². The van der Waals surface area contributed by atoms with E-state index in [-0.39, 0.29) is 35.0 Å². The van der Waals surface area contributed by atoms with Crippen molar-refractivity contribution in [3.63, 3.8) is 0 Å². The standard InChI is InChI=1S/C26H25ClF3N5O2S/c1-35(19-10-18(13-37-2)31-12-19)25-33-24(36)23(38-25)20(14-4-6-22-16(7-14)11-32-34-22)8-15-3-5-17(27)9-21(15)26(28,29)30/h3-7,9,11,18-19,31,36H,8,10,12-13H2,1-2H3. The number of fused-ring (bicyclic) bond motifs is 1. The number of thiazole rings is 1. The molecule has 1 aromatic heterocycles. The lowest BCUT2D eigenvalue weighted by molar-refractivity contribution is -0.138. The largest absolute Gasteiger partial charge is 0.492 e. The topological polar surface area (TPSA) is 82.3 Å². The number of rotatable bonds is 7. The highest BCUT2D eigenvalue weighted by Gasteiger charge is 2.34. The van der Waals surface area contributed by atoms with Crippen LogP contribution in [0, 0.1) is 0 Å². The molecule has 0 radical (unpaired) electrons. The normalized spacial score (nSPS) is 19.4. The van der Waals surface area contributed by atoms with Gasteiger partial charge in [0.2, 0.25) is 5.88 Å². The van der Waals surface area contributed by atoms with E-state index >= 15 is 0 Å². The number of hydrogen-bond acceptors (Lipinski definition) is 8. The summed E-state index contributed by atoms with van der Waals surface area (Å²) in [5.41, 5.74) is 0.482. The van der Waals surface area contributed by atoms with Crippen LogP contribution in [0.2, 0.25) is 5.02 Å². The van der Waals surface area contributed by atoms with Crippen LogP contribution >= 0.6 is 22.9 Å². The fraction of sp³-hybridized carbons (Fsp3) is 0.346. The van der Waals surface area contributed by atoms with Gasteiger partial charge in [-0.05, 0) is 47.0 Å². The summed E-state index contributed by atoms with van der Waals surface area (Å²) in [6, 6.07) is 9.43. The van der Waals surface area contributed by atoms with E-state index in [9.17, 15) is 18.3 Å². The van der Waals surface area contributed by atoms with Crippen molar-refractivity contribution in [3.05, 3.63) is 73.6 Å². The van der Waals surface area contributed by atoms with Gasteiger partial charge in [-0.25, -0.2) is 0 Å². The fourth-order valence-electron chi connectivity index (χ4n) is 4.79. The maximum absolute atomic E-state index is 13.9. The average Bonchev–Trinajstić information content (AvgIpc) is 3.62. The molecular formula is C26H25ClF3N5O2S. The van der Waals surface area contributed by atoms with E-state index in [2.05, 4.69) is 20.5 Å². The summed E-state index contributed by atoms with van der Waals surface area (Å²) in [6.45, 7) is 1.32. The SMILES string of the molecule is COCC1CC(N(C)c2nc(O)c(C(Cc3ccc(Cl)cc3C(F)(F)F)=c3ccc4c(c3)C=NN=4)s2)CN1. The Balaban J connectivity index is 1.59. The van der Waals surface area contributed by atoms with E-state index < -0.39 is 11.7 Å². The summed E-state index contributed by atoms with van der Waals surface area (Å²) in [6.07, 6.45) is -2.26. The minimum Gasteiger partial charge on any atom is -0.492 e. The zero-order valence-electron chi connectivity index (χ0n) is 20.6. The molecule has 12 heteroatoms. The second-order valence-electron chi connectivity index (χ2n) is 9.28. The van der Waals surface area contributed by atoms with Crippen molar-refractivity contribution < 1.29 is 23.0 Å². The van der Waals surface area contributed by atoms with E-state index in [1.807, 2.05) is 18.0 Å². The summed E-state index contributed by atoms with van der Waals surface area (Å²) in [7, 11) is 3.56. The van der Waals surface area contributed by atoms with Crippen LogP contribution in [-0.4, -0.2) is 55.7 Å². The minimum absolute atomic E-state index is 0.000484. The Morgan fingerprint density at radius 3 is 2.84 bits per heavy atom. The lowest BCUT2D eigenvalue weighted by atomic mass is 9.96. The number of nitrogens with zero attached hydrogens (tertiary/aromatic N) is 4. The first kappa shape index (κ1) is 26.6. The van der Waals surface area contributed by atoms with Crippen LogP contribution in [0.25, 0.3) is 5.57 Å². The molecule has 2 N–H and O–H groups in total. The second kappa shape index (κ2) is 10.6. The van der Waals surface area contributed by atoms with Gasteiger partial charge in [-0.2, -0.15) is 28.4 Å².